The molecule has 1 saturated carbocycles. The molecule has 0 saturated heterocycles. The largest absolute Gasteiger partial charge is 0.413 e. The van der Waals surface area contributed by atoms with Crippen molar-refractivity contribution in [1.29, 1.82) is 0 Å². The highest BCUT2D eigenvalue weighted by Gasteiger charge is 2.44. The summed E-state index contributed by atoms with van der Waals surface area (Å²) in [6, 6.07) is 11.2. The quantitative estimate of drug-likeness (QED) is 0.345. The lowest BCUT2D eigenvalue weighted by atomic mass is 10.1. The van der Waals surface area contributed by atoms with Crippen LogP contribution in [0.25, 0.3) is 11.0 Å². The summed E-state index contributed by atoms with van der Waals surface area (Å²) in [4.78, 5) is 21.2. The number of anilines is 1. The Morgan fingerprint density at radius 3 is 2.71 bits per heavy atom. The van der Waals surface area contributed by atoms with Gasteiger partial charge in [0.2, 0.25) is 0 Å². The summed E-state index contributed by atoms with van der Waals surface area (Å²) in [6.07, 6.45) is 8.61. The first-order valence-electron chi connectivity index (χ1n) is 12.5. The Balaban J connectivity index is 1.39. The van der Waals surface area contributed by atoms with E-state index in [2.05, 4.69) is 90.2 Å². The van der Waals surface area contributed by atoms with E-state index in [1.54, 1.807) is 6.33 Å². The molecule has 3 aromatic rings. The molecule has 2 heterocycles. The van der Waals surface area contributed by atoms with Crippen LogP contribution >= 0.6 is 0 Å². The van der Waals surface area contributed by atoms with E-state index >= 15 is 0 Å². The number of nitrogens with zero attached hydrogens (tertiary/aromatic N) is 3. The molecule has 7 heteroatoms. The van der Waals surface area contributed by atoms with Crippen molar-refractivity contribution in [3.05, 3.63) is 54.0 Å². The predicted octanol–water partition coefficient (Wildman–Crippen LogP) is 6.07. The van der Waals surface area contributed by atoms with Crippen LogP contribution < -0.4 is 5.32 Å². The van der Waals surface area contributed by atoms with Crippen LogP contribution in [0.1, 0.15) is 63.2 Å². The number of carbonyl (C=O) groups excluding carboxylic acids is 1. The van der Waals surface area contributed by atoms with Gasteiger partial charge in [-0.25, -0.2) is 9.97 Å². The minimum absolute atomic E-state index is 0.0322. The number of rotatable bonds is 6. The van der Waals surface area contributed by atoms with Gasteiger partial charge in [-0.2, -0.15) is 0 Å². The number of carbonyl (C=O) groups is 1. The van der Waals surface area contributed by atoms with E-state index in [4.69, 9.17) is 4.43 Å². The molecule has 0 spiro atoms. The molecule has 34 heavy (non-hydrogen) atoms. The summed E-state index contributed by atoms with van der Waals surface area (Å²) < 4.78 is 8.93. The van der Waals surface area contributed by atoms with Gasteiger partial charge in [0.25, 0.3) is 0 Å². The van der Waals surface area contributed by atoms with Crippen LogP contribution in [0.2, 0.25) is 18.1 Å². The van der Waals surface area contributed by atoms with E-state index in [9.17, 15) is 4.79 Å². The van der Waals surface area contributed by atoms with Gasteiger partial charge in [0.1, 0.15) is 24.1 Å². The molecule has 2 aliphatic rings. The maximum Gasteiger partial charge on any atom is 0.192 e. The van der Waals surface area contributed by atoms with Crippen molar-refractivity contribution in [3.63, 3.8) is 0 Å². The number of aryl methyl sites for hydroxylation is 1. The number of nitrogens with one attached hydrogen (secondary N) is 1. The van der Waals surface area contributed by atoms with Gasteiger partial charge in [0.05, 0.1) is 17.5 Å². The highest BCUT2D eigenvalue weighted by Crippen LogP contribution is 2.44. The SMILES string of the molecule is CC(C)(C)[Si](C)(C)O[C@H]1C[C@H](n2ccc3c(N[C@H]4CCc5ccccc54)ncnc32)CC1C=O. The molecule has 0 bridgehead atoms. The molecule has 4 atom stereocenters. The third-order valence-electron chi connectivity index (χ3n) is 8.30. The number of aromatic nitrogens is 3. The predicted molar refractivity (Wildman–Crippen MR) is 139 cm³/mol. The van der Waals surface area contributed by atoms with Gasteiger partial charge in [-0.1, -0.05) is 45.0 Å². The molecule has 0 amide bonds. The third kappa shape index (κ3) is 4.09. The molecule has 1 aromatic carbocycles. The average molecular weight is 477 g/mol. The fourth-order valence-corrected chi connectivity index (χ4v) is 6.70. The van der Waals surface area contributed by atoms with Crippen molar-refractivity contribution in [2.24, 2.45) is 5.92 Å². The fraction of sp³-hybridized carbons (Fsp3) is 0.519. The Morgan fingerprint density at radius 2 is 1.94 bits per heavy atom. The molecule has 1 unspecified atom stereocenters. The van der Waals surface area contributed by atoms with E-state index in [0.717, 1.165) is 48.8 Å². The number of fused-ring (bicyclic) bond motifs is 2. The minimum Gasteiger partial charge on any atom is -0.413 e. The number of aldehydes is 1. The van der Waals surface area contributed by atoms with Crippen molar-refractivity contribution in [2.75, 3.05) is 5.32 Å². The normalized spacial score (nSPS) is 25.0. The summed E-state index contributed by atoms with van der Waals surface area (Å²) in [7, 11) is -1.96. The standard InChI is InChI=1S/C27H36N4O2Si/c1-27(2,3)34(4,5)33-24-15-20(14-19(24)16-32)31-13-12-22-25(28-17-29-26(22)31)30-23-11-10-18-8-6-7-9-21(18)23/h6-9,12-13,16-17,19-20,23-24H,10-11,14-15H2,1-5H3,(H,28,29,30)/t19?,20-,23+,24+/m1/s1. The topological polar surface area (TPSA) is 69.0 Å². The Labute approximate surface area is 203 Å². The molecule has 5 rings (SSSR count). The van der Waals surface area contributed by atoms with Gasteiger partial charge in [-0.3, -0.25) is 0 Å². The molecular weight excluding hydrogens is 440 g/mol. The number of benzene rings is 1. The van der Waals surface area contributed by atoms with Crippen LogP contribution in [0.5, 0.6) is 0 Å². The van der Waals surface area contributed by atoms with Crippen molar-refractivity contribution in [3.8, 4) is 0 Å². The second kappa shape index (κ2) is 8.61. The van der Waals surface area contributed by atoms with Crippen molar-refractivity contribution in [1.82, 2.24) is 14.5 Å². The van der Waals surface area contributed by atoms with Crippen LogP contribution in [0, 0.1) is 5.92 Å². The molecule has 180 valence electrons. The number of hydrogen-bond acceptors (Lipinski definition) is 5. The Kier molecular flexibility index (Phi) is 5.88. The van der Waals surface area contributed by atoms with Gasteiger partial charge in [-0.05, 0) is 61.0 Å². The van der Waals surface area contributed by atoms with Crippen LogP contribution in [-0.4, -0.2) is 35.2 Å². The molecule has 0 radical (unpaired) electrons. The Hall–Kier alpha value is -2.51. The summed E-state index contributed by atoms with van der Waals surface area (Å²) in [5, 5.41) is 4.83. The molecule has 0 aliphatic heterocycles. The first-order valence-corrected chi connectivity index (χ1v) is 15.4. The van der Waals surface area contributed by atoms with Crippen LogP contribution in [0.4, 0.5) is 5.82 Å². The second-order valence-corrected chi connectivity index (χ2v) is 16.2. The lowest BCUT2D eigenvalue weighted by Gasteiger charge is -2.39. The zero-order valence-corrected chi connectivity index (χ0v) is 21.9. The number of hydrogen-bond donors (Lipinski definition) is 1. The Bertz CT molecular complexity index is 1200. The van der Waals surface area contributed by atoms with Gasteiger partial charge in [0, 0.05) is 18.2 Å². The zero-order valence-electron chi connectivity index (χ0n) is 20.9. The minimum atomic E-state index is -1.96. The highest BCUT2D eigenvalue weighted by atomic mass is 28.4. The first-order chi connectivity index (χ1) is 16.2. The molecule has 1 N–H and O–H groups in total. The monoisotopic (exact) mass is 476 g/mol. The van der Waals surface area contributed by atoms with Gasteiger partial charge >= 0.3 is 0 Å². The zero-order chi connectivity index (χ0) is 24.1. The van der Waals surface area contributed by atoms with Crippen molar-refractivity contribution < 1.29 is 9.22 Å². The smallest absolute Gasteiger partial charge is 0.192 e. The van der Waals surface area contributed by atoms with Gasteiger partial charge in [0.15, 0.2) is 8.32 Å². The molecule has 2 aromatic heterocycles. The first kappa shape index (κ1) is 23.2. The molecular formula is C27H36N4O2Si. The summed E-state index contributed by atoms with van der Waals surface area (Å²) in [6.45, 7) is 11.3. The van der Waals surface area contributed by atoms with Crippen LogP contribution in [0.3, 0.4) is 0 Å². The highest BCUT2D eigenvalue weighted by molar-refractivity contribution is 6.74. The van der Waals surface area contributed by atoms with Gasteiger partial charge in [-0.15, -0.1) is 0 Å². The summed E-state index contributed by atoms with van der Waals surface area (Å²) in [5.74, 6) is 0.801. The van der Waals surface area contributed by atoms with E-state index in [1.165, 1.54) is 11.1 Å². The second-order valence-electron chi connectivity index (χ2n) is 11.5. The van der Waals surface area contributed by atoms with Crippen molar-refractivity contribution >= 4 is 31.5 Å². The van der Waals surface area contributed by atoms with Crippen molar-refractivity contribution in [2.45, 2.75) is 82.8 Å². The lowest BCUT2D eigenvalue weighted by molar-refractivity contribution is -0.113. The van der Waals surface area contributed by atoms with Crippen LogP contribution in [-0.2, 0) is 15.6 Å². The maximum atomic E-state index is 12.0. The lowest BCUT2D eigenvalue weighted by Crippen LogP contribution is -2.45. The molecule has 1 fully saturated rings. The maximum absolute atomic E-state index is 12.0. The van der Waals surface area contributed by atoms with E-state index in [1.807, 2.05) is 0 Å². The van der Waals surface area contributed by atoms with E-state index < -0.39 is 8.32 Å². The van der Waals surface area contributed by atoms with E-state index in [-0.39, 0.29) is 29.1 Å². The van der Waals surface area contributed by atoms with Crippen LogP contribution in [0.15, 0.2) is 42.9 Å². The molecule has 2 aliphatic carbocycles. The third-order valence-corrected chi connectivity index (χ3v) is 12.8. The molecule has 6 nitrogen and oxygen atoms in total. The fourth-order valence-electron chi connectivity index (χ4n) is 5.32. The van der Waals surface area contributed by atoms with E-state index in [0.29, 0.717) is 0 Å². The average Bonchev–Trinajstić information content (AvgIpc) is 3.50. The Morgan fingerprint density at radius 1 is 1.15 bits per heavy atom. The van der Waals surface area contributed by atoms with Gasteiger partial charge < -0.3 is 19.1 Å². The summed E-state index contributed by atoms with van der Waals surface area (Å²) in [5.41, 5.74) is 3.71. The summed E-state index contributed by atoms with van der Waals surface area (Å²) >= 11 is 0.